The third-order valence-electron chi connectivity index (χ3n) is 5.26. The van der Waals surface area contributed by atoms with Gasteiger partial charge in [0.2, 0.25) is 5.91 Å². The molecule has 0 spiro atoms. The number of rotatable bonds is 6. The van der Waals surface area contributed by atoms with E-state index in [9.17, 15) is 10.1 Å². The van der Waals surface area contributed by atoms with Crippen molar-refractivity contribution < 1.29 is 4.79 Å². The minimum atomic E-state index is -0.0716. The van der Waals surface area contributed by atoms with Crippen LogP contribution in [0.2, 0.25) is 0 Å². The number of aryl methyl sites for hydroxylation is 1. The summed E-state index contributed by atoms with van der Waals surface area (Å²) >= 11 is 1.47. The third-order valence-corrected chi connectivity index (χ3v) is 6.25. The Hall–Kier alpha value is -3.17. The lowest BCUT2D eigenvalue weighted by Crippen LogP contribution is -2.15. The zero-order chi connectivity index (χ0) is 20.8. The molecule has 30 heavy (non-hydrogen) atoms. The van der Waals surface area contributed by atoms with Crippen molar-refractivity contribution in [2.75, 3.05) is 11.1 Å². The highest BCUT2D eigenvalue weighted by Gasteiger charge is 2.23. The summed E-state index contributed by atoms with van der Waals surface area (Å²) in [4.78, 5) is 20.9. The maximum Gasteiger partial charge on any atom is 0.225 e. The Morgan fingerprint density at radius 1 is 1.23 bits per heavy atom. The molecule has 5 nitrogen and oxygen atoms in total. The first kappa shape index (κ1) is 20.1. The number of nitrogens with zero attached hydrogens (tertiary/aromatic N) is 3. The van der Waals surface area contributed by atoms with Crippen molar-refractivity contribution in [3.05, 3.63) is 83.3 Å². The summed E-state index contributed by atoms with van der Waals surface area (Å²) in [6.45, 7) is 0. The van der Waals surface area contributed by atoms with Crippen LogP contribution < -0.4 is 5.32 Å². The first-order valence-electron chi connectivity index (χ1n) is 10.0. The number of carbonyl (C=O) groups is 1. The fourth-order valence-electron chi connectivity index (χ4n) is 3.75. The Balaban J connectivity index is 1.39. The van der Waals surface area contributed by atoms with Gasteiger partial charge in [-0.1, -0.05) is 30.3 Å². The van der Waals surface area contributed by atoms with Gasteiger partial charge in [0.05, 0.1) is 17.4 Å². The Kier molecular flexibility index (Phi) is 6.41. The first-order chi connectivity index (χ1) is 14.7. The molecular weight excluding hydrogens is 392 g/mol. The van der Waals surface area contributed by atoms with E-state index in [1.807, 2.05) is 12.1 Å². The maximum absolute atomic E-state index is 12.1. The number of thioether (sulfide) groups is 1. The van der Waals surface area contributed by atoms with E-state index in [1.165, 1.54) is 22.9 Å². The highest BCUT2D eigenvalue weighted by molar-refractivity contribution is 7.99. The average Bonchev–Trinajstić information content (AvgIpc) is 2.79. The van der Waals surface area contributed by atoms with Crippen LogP contribution in [0, 0.1) is 11.3 Å². The number of benzene rings is 1. The summed E-state index contributed by atoms with van der Waals surface area (Å²) in [5.41, 5.74) is 4.89. The van der Waals surface area contributed by atoms with Crippen LogP contribution in [-0.4, -0.2) is 21.6 Å². The van der Waals surface area contributed by atoms with Crippen LogP contribution in [0.25, 0.3) is 0 Å². The number of aromatic nitrogens is 2. The minimum Gasteiger partial charge on any atom is -0.325 e. The van der Waals surface area contributed by atoms with E-state index < -0.39 is 0 Å². The summed E-state index contributed by atoms with van der Waals surface area (Å²) in [6, 6.07) is 18.4. The molecule has 1 aliphatic carbocycles. The molecule has 2 aromatic heterocycles. The normalized spacial score (nSPS) is 15.1. The van der Waals surface area contributed by atoms with E-state index in [1.54, 1.807) is 24.5 Å². The van der Waals surface area contributed by atoms with E-state index in [2.05, 4.69) is 40.6 Å². The highest BCUT2D eigenvalue weighted by atomic mass is 32.2. The molecule has 1 N–H and O–H groups in total. The van der Waals surface area contributed by atoms with E-state index in [4.69, 9.17) is 4.98 Å². The number of hydrogen-bond donors (Lipinski definition) is 1. The van der Waals surface area contributed by atoms with Crippen molar-refractivity contribution in [3.8, 4) is 6.07 Å². The molecule has 6 heteroatoms. The Bertz CT molecular complexity index is 1060. The third kappa shape index (κ3) is 4.87. The van der Waals surface area contributed by atoms with Crippen molar-refractivity contribution in [3.63, 3.8) is 0 Å². The number of nitriles is 1. The van der Waals surface area contributed by atoms with Crippen molar-refractivity contribution in [2.45, 2.75) is 36.6 Å². The van der Waals surface area contributed by atoms with Gasteiger partial charge in [0.1, 0.15) is 11.1 Å². The number of pyridine rings is 2. The van der Waals surface area contributed by atoms with Gasteiger partial charge in [-0.05, 0) is 54.5 Å². The van der Waals surface area contributed by atoms with Crippen LogP contribution >= 0.6 is 11.8 Å². The molecule has 1 aliphatic rings. The second-order valence-corrected chi connectivity index (χ2v) is 8.38. The summed E-state index contributed by atoms with van der Waals surface area (Å²) in [6.07, 6.45) is 6.52. The first-order valence-corrected chi connectivity index (χ1v) is 11.0. The van der Waals surface area contributed by atoms with Crippen molar-refractivity contribution >= 4 is 23.4 Å². The van der Waals surface area contributed by atoms with Gasteiger partial charge in [-0.3, -0.25) is 9.78 Å². The van der Waals surface area contributed by atoms with Crippen LogP contribution in [-0.2, 0) is 17.6 Å². The molecule has 0 saturated heterocycles. The highest BCUT2D eigenvalue weighted by Crippen LogP contribution is 2.34. The number of anilines is 1. The van der Waals surface area contributed by atoms with Gasteiger partial charge >= 0.3 is 0 Å². The van der Waals surface area contributed by atoms with Crippen LogP contribution in [0.1, 0.15) is 41.1 Å². The lowest BCUT2D eigenvalue weighted by molar-refractivity contribution is -0.115. The number of fused-ring (bicyclic) bond motifs is 1. The van der Waals surface area contributed by atoms with Gasteiger partial charge in [0.25, 0.3) is 0 Å². The fraction of sp³-hybridized carbons (Fsp3) is 0.250. The summed E-state index contributed by atoms with van der Waals surface area (Å²) < 4.78 is 0. The molecule has 1 atom stereocenters. The summed E-state index contributed by atoms with van der Waals surface area (Å²) in [5, 5.41) is 13.2. The second kappa shape index (κ2) is 9.55. The van der Waals surface area contributed by atoms with Gasteiger partial charge in [-0.25, -0.2) is 4.98 Å². The molecule has 0 fully saturated rings. The molecule has 0 saturated carbocycles. The van der Waals surface area contributed by atoms with Gasteiger partial charge in [-0.15, -0.1) is 11.8 Å². The Labute approximate surface area is 180 Å². The predicted molar refractivity (Wildman–Crippen MR) is 118 cm³/mol. The molecule has 0 aliphatic heterocycles. The quantitative estimate of drug-likeness (QED) is 0.589. The smallest absolute Gasteiger partial charge is 0.225 e. The molecule has 1 unspecified atom stereocenters. The van der Waals surface area contributed by atoms with Crippen LogP contribution in [0.5, 0.6) is 0 Å². The number of carbonyl (C=O) groups excluding carboxylic acids is 1. The molecule has 0 bridgehead atoms. The molecule has 3 aromatic rings. The average molecular weight is 415 g/mol. The van der Waals surface area contributed by atoms with Crippen LogP contribution in [0.15, 0.2) is 66.0 Å². The molecule has 150 valence electrons. The number of hydrogen-bond acceptors (Lipinski definition) is 5. The standard InChI is InChI=1S/C24H22N4OS/c25-15-20-14-19-13-18(17-5-2-1-3-6-17)8-9-22(19)28-24(20)30-12-10-23(29)27-21-7-4-11-26-16-21/h1-7,11,14,16,18H,8-10,12-13H2,(H,27,29). The molecule has 4 rings (SSSR count). The Morgan fingerprint density at radius 2 is 2.10 bits per heavy atom. The van der Waals surface area contributed by atoms with Gasteiger partial charge in [0.15, 0.2) is 0 Å². The van der Waals surface area contributed by atoms with Gasteiger partial charge < -0.3 is 5.32 Å². The van der Waals surface area contributed by atoms with Crippen molar-refractivity contribution in [1.82, 2.24) is 9.97 Å². The lowest BCUT2D eigenvalue weighted by Gasteiger charge is -2.25. The van der Waals surface area contributed by atoms with E-state index >= 15 is 0 Å². The minimum absolute atomic E-state index is 0.0716. The molecule has 0 radical (unpaired) electrons. The van der Waals surface area contributed by atoms with Crippen LogP contribution in [0.3, 0.4) is 0 Å². The number of amides is 1. The van der Waals surface area contributed by atoms with Gasteiger partial charge in [-0.2, -0.15) is 5.26 Å². The molecule has 1 aromatic carbocycles. The lowest BCUT2D eigenvalue weighted by atomic mass is 9.82. The molecule has 2 heterocycles. The van der Waals surface area contributed by atoms with E-state index in [-0.39, 0.29) is 5.91 Å². The fourth-order valence-corrected chi connectivity index (χ4v) is 4.66. The maximum atomic E-state index is 12.1. The van der Waals surface area contributed by atoms with Crippen molar-refractivity contribution in [2.24, 2.45) is 0 Å². The number of nitrogens with one attached hydrogen (secondary N) is 1. The second-order valence-electron chi connectivity index (χ2n) is 7.30. The van der Waals surface area contributed by atoms with Gasteiger partial charge in [0, 0.05) is 24.1 Å². The molecule has 1 amide bonds. The predicted octanol–water partition coefficient (Wildman–Crippen LogP) is 4.74. The zero-order valence-electron chi connectivity index (χ0n) is 16.5. The molecular formula is C24H22N4OS. The summed E-state index contributed by atoms with van der Waals surface area (Å²) in [7, 11) is 0. The van der Waals surface area contributed by atoms with E-state index in [0.29, 0.717) is 29.3 Å². The zero-order valence-corrected chi connectivity index (χ0v) is 17.4. The van der Waals surface area contributed by atoms with E-state index in [0.717, 1.165) is 30.0 Å². The van der Waals surface area contributed by atoms with Crippen LogP contribution in [0.4, 0.5) is 5.69 Å². The topological polar surface area (TPSA) is 78.7 Å². The van der Waals surface area contributed by atoms with Crippen molar-refractivity contribution in [1.29, 1.82) is 5.26 Å². The summed E-state index contributed by atoms with van der Waals surface area (Å²) in [5.74, 6) is 0.971. The largest absolute Gasteiger partial charge is 0.325 e. The SMILES string of the molecule is N#Cc1cc2c(nc1SCCC(=O)Nc1cccnc1)CCC(c1ccccc1)C2. The monoisotopic (exact) mass is 414 g/mol. The Morgan fingerprint density at radius 3 is 2.87 bits per heavy atom.